The van der Waals surface area contributed by atoms with Crippen molar-refractivity contribution in [3.63, 3.8) is 0 Å². The summed E-state index contributed by atoms with van der Waals surface area (Å²) in [5, 5.41) is 4.82. The summed E-state index contributed by atoms with van der Waals surface area (Å²) >= 11 is 17.8. The van der Waals surface area contributed by atoms with E-state index in [0.717, 1.165) is 0 Å². The number of hydrogen-bond donors (Lipinski definition) is 0. The van der Waals surface area contributed by atoms with Crippen LogP contribution in [0.2, 0.25) is 15.1 Å². The van der Waals surface area contributed by atoms with Crippen molar-refractivity contribution in [2.24, 2.45) is 0 Å². The van der Waals surface area contributed by atoms with Gasteiger partial charge in [0, 0.05) is 5.02 Å². The molecule has 0 N–H and O–H groups in total. The maximum Gasteiger partial charge on any atom is 0.242 e. The van der Waals surface area contributed by atoms with Crippen LogP contribution in [0.3, 0.4) is 0 Å². The van der Waals surface area contributed by atoms with Gasteiger partial charge in [-0.15, -0.1) is 0 Å². The molecule has 10 heteroatoms. The summed E-state index contributed by atoms with van der Waals surface area (Å²) in [5.41, 5.74) is 0. The lowest BCUT2D eigenvalue weighted by Crippen LogP contribution is -2.05. The van der Waals surface area contributed by atoms with Crippen LogP contribution in [0.5, 0.6) is 5.75 Å². The van der Waals surface area contributed by atoms with Gasteiger partial charge in [0.15, 0.2) is 22.2 Å². The molecular weight excluding hydrogens is 423 g/mol. The number of sulfone groups is 1. The lowest BCUT2D eigenvalue weighted by atomic mass is 10.3. The van der Waals surface area contributed by atoms with Crippen LogP contribution in [-0.4, -0.2) is 18.6 Å². The highest BCUT2D eigenvalue weighted by Gasteiger charge is 2.20. The molecule has 1 heterocycles. The molecular formula is C16H11Cl3N2O4S. The first-order chi connectivity index (χ1) is 12.3. The maximum absolute atomic E-state index is 12.4. The summed E-state index contributed by atoms with van der Waals surface area (Å²) in [7, 11) is -3.64. The molecule has 0 unspecified atom stereocenters. The van der Waals surface area contributed by atoms with Gasteiger partial charge in [0.25, 0.3) is 0 Å². The standard InChI is InChI=1S/C16H11Cl3N2O4S/c17-10-4-6-11(7-5-10)26(22,23)9-15-20-14(21-25-15)8-24-16-12(18)2-1-3-13(16)19/h1-7H,8-9H2. The molecule has 0 spiro atoms. The Kier molecular flexibility index (Phi) is 5.72. The molecule has 1 aromatic heterocycles. The molecule has 0 amide bonds. The fraction of sp³-hybridized carbons (Fsp3) is 0.125. The number of benzene rings is 2. The molecule has 0 aliphatic carbocycles. The van der Waals surface area contributed by atoms with E-state index in [1.165, 1.54) is 24.3 Å². The summed E-state index contributed by atoms with van der Waals surface area (Å²) in [4.78, 5) is 4.13. The molecule has 0 radical (unpaired) electrons. The van der Waals surface area contributed by atoms with Crippen molar-refractivity contribution in [2.45, 2.75) is 17.3 Å². The van der Waals surface area contributed by atoms with E-state index in [-0.39, 0.29) is 29.0 Å². The molecule has 0 bridgehead atoms. The van der Waals surface area contributed by atoms with E-state index in [9.17, 15) is 8.42 Å². The summed E-state index contributed by atoms with van der Waals surface area (Å²) in [6.45, 7) is -0.0755. The van der Waals surface area contributed by atoms with E-state index in [2.05, 4.69) is 10.1 Å². The minimum Gasteiger partial charge on any atom is -0.482 e. The van der Waals surface area contributed by atoms with Crippen molar-refractivity contribution in [1.29, 1.82) is 0 Å². The normalized spacial score (nSPS) is 11.5. The van der Waals surface area contributed by atoms with E-state index >= 15 is 0 Å². The largest absolute Gasteiger partial charge is 0.482 e. The third-order valence-electron chi connectivity index (χ3n) is 3.26. The third-order valence-corrected chi connectivity index (χ3v) is 5.73. The van der Waals surface area contributed by atoms with Crippen LogP contribution in [0.1, 0.15) is 11.7 Å². The van der Waals surface area contributed by atoms with Crippen molar-refractivity contribution >= 4 is 44.6 Å². The van der Waals surface area contributed by atoms with Gasteiger partial charge in [0.2, 0.25) is 11.7 Å². The molecule has 26 heavy (non-hydrogen) atoms. The summed E-state index contributed by atoms with van der Waals surface area (Å²) < 4.78 is 35.2. The third kappa shape index (κ3) is 4.48. The average molecular weight is 434 g/mol. The lowest BCUT2D eigenvalue weighted by molar-refractivity contribution is 0.286. The first-order valence-electron chi connectivity index (χ1n) is 7.22. The molecule has 0 aliphatic heterocycles. The van der Waals surface area contributed by atoms with Gasteiger partial charge in [0.1, 0.15) is 5.75 Å². The van der Waals surface area contributed by atoms with Gasteiger partial charge < -0.3 is 9.26 Å². The fourth-order valence-corrected chi connectivity index (χ4v) is 3.84. The first kappa shape index (κ1) is 19.0. The quantitative estimate of drug-likeness (QED) is 0.566. The molecule has 0 saturated carbocycles. The molecule has 3 aromatic rings. The number of ether oxygens (including phenoxy) is 1. The van der Waals surface area contributed by atoms with Crippen LogP contribution in [0.25, 0.3) is 0 Å². The molecule has 0 atom stereocenters. The zero-order chi connectivity index (χ0) is 18.7. The van der Waals surface area contributed by atoms with Crippen molar-refractivity contribution in [3.8, 4) is 5.75 Å². The van der Waals surface area contributed by atoms with Gasteiger partial charge in [-0.25, -0.2) is 8.42 Å². The fourth-order valence-electron chi connectivity index (χ4n) is 2.05. The number of para-hydroxylation sites is 1. The van der Waals surface area contributed by atoms with Gasteiger partial charge in [-0.05, 0) is 36.4 Å². The van der Waals surface area contributed by atoms with Crippen LogP contribution < -0.4 is 4.74 Å². The van der Waals surface area contributed by atoms with Gasteiger partial charge in [0.05, 0.1) is 14.9 Å². The number of halogens is 3. The second kappa shape index (κ2) is 7.84. The van der Waals surface area contributed by atoms with Crippen molar-refractivity contribution in [2.75, 3.05) is 0 Å². The van der Waals surface area contributed by atoms with Crippen LogP contribution >= 0.6 is 34.8 Å². The molecule has 6 nitrogen and oxygen atoms in total. The van der Waals surface area contributed by atoms with Crippen LogP contribution in [0.15, 0.2) is 51.9 Å². The van der Waals surface area contributed by atoms with Gasteiger partial charge in [-0.1, -0.05) is 46.0 Å². The van der Waals surface area contributed by atoms with Crippen molar-refractivity contribution < 1.29 is 17.7 Å². The minimum atomic E-state index is -3.64. The topological polar surface area (TPSA) is 82.3 Å². The Hall–Kier alpha value is -1.80. The van der Waals surface area contributed by atoms with E-state index in [0.29, 0.717) is 15.1 Å². The summed E-state index contributed by atoms with van der Waals surface area (Å²) in [5.74, 6) is -0.0313. The predicted molar refractivity (Wildman–Crippen MR) is 97.4 cm³/mol. The Morgan fingerprint density at radius 1 is 1.00 bits per heavy atom. The number of aromatic nitrogens is 2. The van der Waals surface area contributed by atoms with Gasteiger partial charge in [-0.2, -0.15) is 4.98 Å². The van der Waals surface area contributed by atoms with E-state index in [1.807, 2.05) is 0 Å². The Morgan fingerprint density at radius 2 is 1.65 bits per heavy atom. The summed E-state index contributed by atoms with van der Waals surface area (Å²) in [6.07, 6.45) is 0. The van der Waals surface area contributed by atoms with Crippen LogP contribution in [-0.2, 0) is 22.2 Å². The Bertz CT molecular complexity index is 1000. The Morgan fingerprint density at radius 3 is 2.31 bits per heavy atom. The molecule has 3 rings (SSSR count). The maximum atomic E-state index is 12.4. The highest BCUT2D eigenvalue weighted by atomic mass is 35.5. The molecule has 0 fully saturated rings. The van der Waals surface area contributed by atoms with Gasteiger partial charge >= 0.3 is 0 Å². The average Bonchev–Trinajstić information content (AvgIpc) is 3.01. The smallest absolute Gasteiger partial charge is 0.242 e. The molecule has 136 valence electrons. The molecule has 0 saturated heterocycles. The second-order valence-corrected chi connectivity index (χ2v) is 8.40. The highest BCUT2D eigenvalue weighted by Crippen LogP contribution is 2.32. The molecule has 2 aromatic carbocycles. The SMILES string of the molecule is O=S(=O)(Cc1nc(COc2c(Cl)cccc2Cl)no1)c1ccc(Cl)cc1. The second-order valence-electron chi connectivity index (χ2n) is 5.16. The first-order valence-corrected chi connectivity index (χ1v) is 10.0. The zero-order valence-corrected chi connectivity index (χ0v) is 16.1. The van der Waals surface area contributed by atoms with Crippen LogP contribution in [0.4, 0.5) is 0 Å². The number of hydrogen-bond acceptors (Lipinski definition) is 6. The predicted octanol–water partition coefficient (Wildman–Crippen LogP) is 4.58. The Balaban J connectivity index is 1.69. The van der Waals surface area contributed by atoms with Crippen molar-refractivity contribution in [1.82, 2.24) is 10.1 Å². The van der Waals surface area contributed by atoms with E-state index < -0.39 is 15.6 Å². The van der Waals surface area contributed by atoms with Crippen molar-refractivity contribution in [3.05, 3.63) is 69.2 Å². The van der Waals surface area contributed by atoms with Gasteiger partial charge in [-0.3, -0.25) is 0 Å². The van der Waals surface area contributed by atoms with Crippen LogP contribution in [0, 0.1) is 0 Å². The highest BCUT2D eigenvalue weighted by molar-refractivity contribution is 7.90. The van der Waals surface area contributed by atoms with E-state index in [4.69, 9.17) is 44.1 Å². The monoisotopic (exact) mass is 432 g/mol. The Labute approximate surface area is 164 Å². The lowest BCUT2D eigenvalue weighted by Gasteiger charge is -2.07. The number of nitrogens with zero attached hydrogens (tertiary/aromatic N) is 2. The zero-order valence-electron chi connectivity index (χ0n) is 13.0. The summed E-state index contributed by atoms with van der Waals surface area (Å²) in [6, 6.07) is 10.8. The molecule has 0 aliphatic rings. The minimum absolute atomic E-state index is 0.0520. The van der Waals surface area contributed by atoms with E-state index in [1.54, 1.807) is 18.2 Å². The number of rotatable bonds is 6.